The lowest BCUT2D eigenvalue weighted by Gasteiger charge is -2.32. The van der Waals surface area contributed by atoms with Crippen LogP contribution in [0.5, 0.6) is 0 Å². The van der Waals surface area contributed by atoms with Gasteiger partial charge in [-0.3, -0.25) is 14.5 Å². The van der Waals surface area contributed by atoms with Gasteiger partial charge in [-0.25, -0.2) is 4.39 Å². The molecule has 1 aromatic heterocycles. The van der Waals surface area contributed by atoms with Crippen molar-refractivity contribution < 1.29 is 19.1 Å². The molecule has 0 radical (unpaired) electrons. The number of likely N-dealkylation sites (N-methyl/N-ethyl adjacent to an activating group) is 1. The Labute approximate surface area is 215 Å². The predicted octanol–water partition coefficient (Wildman–Crippen LogP) is 1.96. The number of benzene rings is 2. The molecule has 2 amide bonds. The number of hydrogen-bond donors (Lipinski definition) is 4. The molecule has 9 heteroatoms. The van der Waals surface area contributed by atoms with Crippen molar-refractivity contribution in [3.05, 3.63) is 71.7 Å². The van der Waals surface area contributed by atoms with Crippen LogP contribution in [0.1, 0.15) is 30.4 Å². The van der Waals surface area contributed by atoms with Crippen molar-refractivity contribution in [3.8, 4) is 0 Å². The molecule has 8 nitrogen and oxygen atoms in total. The third-order valence-corrected chi connectivity index (χ3v) is 7.94. The number of fused-ring (bicyclic) bond motifs is 2. The van der Waals surface area contributed by atoms with Crippen molar-refractivity contribution >= 4 is 22.7 Å². The van der Waals surface area contributed by atoms with Gasteiger partial charge in [-0.05, 0) is 49.7 Å². The summed E-state index contributed by atoms with van der Waals surface area (Å²) in [4.78, 5) is 33.7. The summed E-state index contributed by atoms with van der Waals surface area (Å²) in [6.45, 7) is 3.28. The maximum Gasteiger partial charge on any atom is 0.247 e. The molecule has 0 saturated carbocycles. The van der Waals surface area contributed by atoms with Crippen LogP contribution in [0.4, 0.5) is 4.39 Å². The molecule has 37 heavy (non-hydrogen) atoms. The van der Waals surface area contributed by atoms with E-state index in [0.717, 1.165) is 36.0 Å². The number of H-pyrrole nitrogens is 1. The number of rotatable bonds is 8. The van der Waals surface area contributed by atoms with E-state index in [2.05, 4.69) is 32.7 Å². The molecule has 5 atom stereocenters. The van der Waals surface area contributed by atoms with Crippen LogP contribution < -0.4 is 10.6 Å². The Bertz CT molecular complexity index is 1270. The van der Waals surface area contributed by atoms with E-state index in [-0.39, 0.29) is 35.6 Å². The first-order valence-electron chi connectivity index (χ1n) is 12.8. The molecule has 0 spiro atoms. The van der Waals surface area contributed by atoms with Gasteiger partial charge >= 0.3 is 0 Å². The number of carbonyl (C=O) groups excluding carboxylic acids is 2. The van der Waals surface area contributed by atoms with Crippen molar-refractivity contribution in [1.29, 1.82) is 0 Å². The highest BCUT2D eigenvalue weighted by atomic mass is 19.1. The third kappa shape index (κ3) is 4.86. The van der Waals surface area contributed by atoms with Crippen molar-refractivity contribution in [1.82, 2.24) is 25.4 Å². The topological polar surface area (TPSA) is 101 Å². The Balaban J connectivity index is 1.46. The van der Waals surface area contributed by atoms with Crippen LogP contribution in [0, 0.1) is 5.82 Å². The SMILES string of the molecule is CN[C@@H](C)C(=O)N[C@@H](CO)C(=O)N1CC[C@@H]2[C@H]1[C@@H](c1c[nH]c3cc(F)ccc13)CN2Cc1ccccc1. The Morgan fingerprint density at radius 2 is 2.00 bits per heavy atom. The van der Waals surface area contributed by atoms with Crippen molar-refractivity contribution in [2.24, 2.45) is 0 Å². The number of aliphatic hydroxyl groups is 1. The fourth-order valence-electron chi connectivity index (χ4n) is 5.96. The monoisotopic (exact) mass is 507 g/mol. The smallest absolute Gasteiger partial charge is 0.247 e. The number of halogens is 1. The highest BCUT2D eigenvalue weighted by Crippen LogP contribution is 2.43. The average Bonchev–Trinajstić information content (AvgIpc) is 3.61. The Morgan fingerprint density at radius 3 is 2.73 bits per heavy atom. The summed E-state index contributed by atoms with van der Waals surface area (Å²) in [6, 6.07) is 13.5. The van der Waals surface area contributed by atoms with E-state index in [0.29, 0.717) is 6.54 Å². The first-order valence-corrected chi connectivity index (χ1v) is 12.8. The minimum absolute atomic E-state index is 0.00866. The zero-order valence-corrected chi connectivity index (χ0v) is 21.2. The van der Waals surface area contributed by atoms with Gasteiger partial charge in [0, 0.05) is 48.7 Å². The van der Waals surface area contributed by atoms with Gasteiger partial charge in [-0.15, -0.1) is 0 Å². The first kappa shape index (κ1) is 25.4. The summed E-state index contributed by atoms with van der Waals surface area (Å²) >= 11 is 0. The molecule has 3 heterocycles. The maximum atomic E-state index is 13.9. The second-order valence-corrected chi connectivity index (χ2v) is 10.1. The quantitative estimate of drug-likeness (QED) is 0.374. The predicted molar refractivity (Wildman–Crippen MR) is 139 cm³/mol. The summed E-state index contributed by atoms with van der Waals surface area (Å²) in [5.74, 6) is -0.918. The van der Waals surface area contributed by atoms with Crippen LogP contribution >= 0.6 is 0 Å². The molecule has 0 unspecified atom stereocenters. The molecule has 2 saturated heterocycles. The van der Waals surface area contributed by atoms with Crippen LogP contribution in [-0.2, 0) is 16.1 Å². The minimum atomic E-state index is -1.01. The number of likely N-dealkylation sites (tertiary alicyclic amines) is 2. The van der Waals surface area contributed by atoms with Crippen molar-refractivity contribution in [2.75, 3.05) is 26.7 Å². The van der Waals surface area contributed by atoms with Crippen LogP contribution in [0.3, 0.4) is 0 Å². The van der Waals surface area contributed by atoms with Crippen molar-refractivity contribution in [3.63, 3.8) is 0 Å². The van der Waals surface area contributed by atoms with Gasteiger partial charge in [-0.1, -0.05) is 30.3 Å². The fourth-order valence-corrected chi connectivity index (χ4v) is 5.96. The molecule has 2 fully saturated rings. The van der Waals surface area contributed by atoms with Crippen LogP contribution in [0.2, 0.25) is 0 Å². The number of nitrogens with zero attached hydrogens (tertiary/aromatic N) is 2. The molecule has 4 N–H and O–H groups in total. The lowest BCUT2D eigenvalue weighted by atomic mass is 9.91. The molecule has 2 aliphatic heterocycles. The molecular weight excluding hydrogens is 473 g/mol. The summed E-state index contributed by atoms with van der Waals surface area (Å²) in [5, 5.41) is 16.5. The zero-order valence-electron chi connectivity index (χ0n) is 21.2. The Morgan fingerprint density at radius 1 is 1.22 bits per heavy atom. The number of aromatic nitrogens is 1. The number of aliphatic hydroxyl groups excluding tert-OH is 1. The lowest BCUT2D eigenvalue weighted by Crippen LogP contribution is -2.55. The molecule has 5 rings (SSSR count). The van der Waals surface area contributed by atoms with E-state index >= 15 is 0 Å². The van der Waals surface area contributed by atoms with Crippen LogP contribution in [0.25, 0.3) is 10.9 Å². The van der Waals surface area contributed by atoms with Gasteiger partial charge in [0.05, 0.1) is 18.7 Å². The van der Waals surface area contributed by atoms with Gasteiger partial charge < -0.3 is 25.6 Å². The van der Waals surface area contributed by atoms with Crippen LogP contribution in [-0.4, -0.2) is 82.6 Å². The number of amides is 2. The fraction of sp³-hybridized carbons (Fsp3) is 0.429. The summed E-state index contributed by atoms with van der Waals surface area (Å²) < 4.78 is 13.9. The number of carbonyl (C=O) groups is 2. The second kappa shape index (κ2) is 10.6. The normalized spacial score (nSPS) is 23.2. The Kier molecular flexibility index (Phi) is 7.28. The van der Waals surface area contributed by atoms with Crippen molar-refractivity contribution in [2.45, 2.75) is 50.0 Å². The van der Waals surface area contributed by atoms with Gasteiger partial charge in [0.25, 0.3) is 0 Å². The zero-order chi connectivity index (χ0) is 26.1. The molecule has 2 aliphatic rings. The number of nitrogens with one attached hydrogen (secondary N) is 3. The maximum absolute atomic E-state index is 13.9. The summed E-state index contributed by atoms with van der Waals surface area (Å²) in [7, 11) is 1.67. The summed E-state index contributed by atoms with van der Waals surface area (Å²) in [6.07, 6.45) is 2.73. The highest BCUT2D eigenvalue weighted by Gasteiger charge is 2.51. The molecule has 0 bridgehead atoms. The number of aromatic amines is 1. The standard InChI is InChI=1S/C28H34FN5O3/c1-17(30-2)27(36)32-24(16-35)28(37)34-11-10-25-26(34)22(15-33(25)14-18-6-4-3-5-7-18)21-13-31-23-12-19(29)8-9-20(21)23/h3-9,12-13,17,22,24-26,30-31,35H,10-11,14-16H2,1-2H3,(H,32,36)/t17-,22+,24-,25+,26+/m0/s1. The second-order valence-electron chi connectivity index (χ2n) is 10.1. The largest absolute Gasteiger partial charge is 0.394 e. The third-order valence-electron chi connectivity index (χ3n) is 7.94. The van der Waals surface area contributed by atoms with E-state index in [9.17, 15) is 19.1 Å². The first-order chi connectivity index (χ1) is 17.9. The van der Waals surface area contributed by atoms with E-state index in [1.807, 2.05) is 29.3 Å². The van der Waals surface area contributed by atoms with E-state index in [1.165, 1.54) is 17.7 Å². The van der Waals surface area contributed by atoms with Gasteiger partial charge in [-0.2, -0.15) is 0 Å². The van der Waals surface area contributed by atoms with Gasteiger partial charge in [0.15, 0.2) is 0 Å². The molecule has 3 aromatic rings. The molecule has 196 valence electrons. The Hall–Kier alpha value is -3.27. The molecule has 2 aromatic carbocycles. The average molecular weight is 508 g/mol. The molecule has 0 aliphatic carbocycles. The van der Waals surface area contributed by atoms with E-state index in [1.54, 1.807) is 20.0 Å². The lowest BCUT2D eigenvalue weighted by molar-refractivity contribution is -0.138. The van der Waals surface area contributed by atoms with E-state index < -0.39 is 18.7 Å². The van der Waals surface area contributed by atoms with E-state index in [4.69, 9.17) is 0 Å². The van der Waals surface area contributed by atoms with Gasteiger partial charge in [0.2, 0.25) is 11.8 Å². The van der Waals surface area contributed by atoms with Gasteiger partial charge in [0.1, 0.15) is 11.9 Å². The highest BCUT2D eigenvalue weighted by molar-refractivity contribution is 5.90. The molecular formula is C28H34FN5O3. The van der Waals surface area contributed by atoms with Crippen LogP contribution in [0.15, 0.2) is 54.7 Å². The minimum Gasteiger partial charge on any atom is -0.394 e. The number of hydrogen-bond acceptors (Lipinski definition) is 5. The summed E-state index contributed by atoms with van der Waals surface area (Å²) in [5.41, 5.74) is 2.98.